The van der Waals surface area contributed by atoms with E-state index in [2.05, 4.69) is 10.3 Å². The van der Waals surface area contributed by atoms with Gasteiger partial charge in [0.15, 0.2) is 0 Å². The number of ketones is 1. The van der Waals surface area contributed by atoms with Crippen LogP contribution in [0.4, 0.5) is 18.9 Å². The zero-order valence-electron chi connectivity index (χ0n) is 18.2. The number of fused-ring (bicyclic) bond motifs is 1. The Morgan fingerprint density at radius 3 is 2.38 bits per heavy atom. The van der Waals surface area contributed by atoms with Gasteiger partial charge in [-0.3, -0.25) is 14.6 Å². The molecule has 0 unspecified atom stereocenters. The lowest BCUT2D eigenvalue weighted by Gasteiger charge is -2.15. The molecule has 0 fully saturated rings. The highest BCUT2D eigenvalue weighted by atomic mass is 35.5. The van der Waals surface area contributed by atoms with Crippen LogP contribution in [0.5, 0.6) is 0 Å². The van der Waals surface area contributed by atoms with Crippen LogP contribution in [0, 0.1) is 13.8 Å². The van der Waals surface area contributed by atoms with Crippen molar-refractivity contribution < 1.29 is 22.8 Å². The fraction of sp³-hybridized carbons (Fsp3) is 0.160. The van der Waals surface area contributed by atoms with Crippen molar-refractivity contribution in [2.45, 2.75) is 26.6 Å². The molecule has 34 heavy (non-hydrogen) atoms. The smallest absolute Gasteiger partial charge is 0.332 e. The van der Waals surface area contributed by atoms with Gasteiger partial charge in [-0.15, -0.1) is 0 Å². The Hall–Kier alpha value is -3.65. The number of hydrogen-bond donors (Lipinski definition) is 1. The number of amides is 1. The van der Waals surface area contributed by atoms with E-state index in [1.165, 1.54) is 30.5 Å². The van der Waals surface area contributed by atoms with Crippen molar-refractivity contribution in [3.05, 3.63) is 93.9 Å². The third-order valence-corrected chi connectivity index (χ3v) is 5.58. The minimum Gasteiger partial charge on any atom is -0.332 e. The van der Waals surface area contributed by atoms with Gasteiger partial charge in [-0.05, 0) is 55.8 Å². The van der Waals surface area contributed by atoms with Crippen LogP contribution in [-0.4, -0.2) is 21.2 Å². The largest absolute Gasteiger partial charge is 0.432 e. The molecule has 0 atom stereocenters. The molecule has 0 saturated heterocycles. The summed E-state index contributed by atoms with van der Waals surface area (Å²) in [5, 5.41) is 2.90. The highest BCUT2D eigenvalue weighted by molar-refractivity contribution is 6.48. The number of anilines is 1. The molecule has 4 aromatic rings. The van der Waals surface area contributed by atoms with Crippen LogP contribution in [0.15, 0.2) is 60.8 Å². The van der Waals surface area contributed by atoms with Crippen LogP contribution in [0.1, 0.15) is 32.9 Å². The number of aryl methyl sites for hydroxylation is 2. The molecule has 0 spiro atoms. The van der Waals surface area contributed by atoms with E-state index in [0.717, 1.165) is 4.57 Å². The lowest BCUT2D eigenvalue weighted by Crippen LogP contribution is -2.26. The van der Waals surface area contributed by atoms with Crippen molar-refractivity contribution >= 4 is 39.9 Å². The number of Topliss-reactive ketones (excluding diaryl/α,β-unsaturated/α-hetero) is 1. The number of halogens is 4. The fourth-order valence-electron chi connectivity index (χ4n) is 3.85. The van der Waals surface area contributed by atoms with Gasteiger partial charge in [-0.25, -0.2) is 0 Å². The number of carbonyl (C=O) groups excluding carboxylic acids is 2. The maximum Gasteiger partial charge on any atom is 0.432 e. The molecule has 174 valence electrons. The van der Waals surface area contributed by atoms with Gasteiger partial charge < -0.3 is 9.88 Å². The number of pyridine rings is 1. The van der Waals surface area contributed by atoms with Crippen LogP contribution in [-0.2, 0) is 17.5 Å². The summed E-state index contributed by atoms with van der Waals surface area (Å²) < 4.78 is 44.2. The predicted molar refractivity (Wildman–Crippen MR) is 124 cm³/mol. The van der Waals surface area contributed by atoms with Gasteiger partial charge >= 0.3 is 6.18 Å². The first-order valence-electron chi connectivity index (χ1n) is 10.3. The van der Waals surface area contributed by atoms with Gasteiger partial charge in [0.25, 0.3) is 11.7 Å². The molecule has 0 aliphatic heterocycles. The average Bonchev–Trinajstić information content (AvgIpc) is 3.08. The van der Waals surface area contributed by atoms with Gasteiger partial charge in [-0.1, -0.05) is 35.4 Å². The van der Waals surface area contributed by atoms with E-state index in [9.17, 15) is 22.8 Å². The van der Waals surface area contributed by atoms with E-state index in [-0.39, 0.29) is 23.1 Å². The van der Waals surface area contributed by atoms with Gasteiger partial charge in [0.05, 0.1) is 5.56 Å². The lowest BCUT2D eigenvalue weighted by molar-refractivity contribution is -0.143. The quantitative estimate of drug-likeness (QED) is 0.270. The second kappa shape index (κ2) is 8.95. The van der Waals surface area contributed by atoms with Gasteiger partial charge in [-0.2, -0.15) is 13.2 Å². The first-order valence-corrected chi connectivity index (χ1v) is 10.6. The molecule has 2 aromatic heterocycles. The number of rotatable bonds is 5. The Morgan fingerprint density at radius 1 is 1.03 bits per heavy atom. The molecule has 4 rings (SSSR count). The summed E-state index contributed by atoms with van der Waals surface area (Å²) in [6.07, 6.45) is -3.46. The van der Waals surface area contributed by atoms with E-state index in [1.807, 2.05) is 0 Å². The Kier molecular flexibility index (Phi) is 6.18. The molecule has 5 nitrogen and oxygen atoms in total. The van der Waals surface area contributed by atoms with Crippen molar-refractivity contribution in [3.8, 4) is 0 Å². The number of alkyl halides is 3. The third-order valence-electron chi connectivity index (χ3n) is 5.33. The zero-order chi connectivity index (χ0) is 24.6. The number of nitrogens with one attached hydrogen (secondary N) is 1. The van der Waals surface area contributed by atoms with Crippen molar-refractivity contribution in [2.75, 3.05) is 5.32 Å². The summed E-state index contributed by atoms with van der Waals surface area (Å²) in [5.41, 5.74) is 0.408. The predicted octanol–water partition coefficient (Wildman–Crippen LogP) is 6.20. The molecule has 0 bridgehead atoms. The monoisotopic (exact) mass is 485 g/mol. The summed E-state index contributed by atoms with van der Waals surface area (Å²) in [5.74, 6) is -2.43. The van der Waals surface area contributed by atoms with E-state index in [1.54, 1.807) is 44.2 Å². The van der Waals surface area contributed by atoms with Crippen molar-refractivity contribution in [2.24, 2.45) is 0 Å². The van der Waals surface area contributed by atoms with E-state index in [4.69, 9.17) is 11.6 Å². The SMILES string of the molecule is Cc1ccc2c(c1)c(C(=O)C(=O)Nc1ccnc(C)c1)c(C(F)(F)F)n2Cc1ccc(Cl)cc1. The average molecular weight is 486 g/mol. The topological polar surface area (TPSA) is 64.0 Å². The minimum atomic E-state index is -4.89. The van der Waals surface area contributed by atoms with E-state index >= 15 is 0 Å². The van der Waals surface area contributed by atoms with Crippen LogP contribution in [0.25, 0.3) is 10.9 Å². The second-order valence-corrected chi connectivity index (χ2v) is 8.36. The Balaban J connectivity index is 1.87. The van der Waals surface area contributed by atoms with Crippen molar-refractivity contribution in [3.63, 3.8) is 0 Å². The zero-order valence-corrected chi connectivity index (χ0v) is 19.0. The second-order valence-electron chi connectivity index (χ2n) is 7.92. The maximum absolute atomic E-state index is 14.4. The summed E-state index contributed by atoms with van der Waals surface area (Å²) in [6, 6.07) is 14.0. The number of nitrogens with zero attached hydrogens (tertiary/aromatic N) is 2. The molecule has 0 aliphatic carbocycles. The standard InChI is InChI=1S/C25H19ClF3N3O2/c1-14-3-8-20-19(11-14)21(22(33)24(34)31-18-9-10-30-15(2)12-18)23(25(27,28)29)32(20)13-16-4-6-17(26)7-5-16/h3-12H,13H2,1-2H3,(H,30,31,34). The highest BCUT2D eigenvalue weighted by Gasteiger charge is 2.42. The lowest BCUT2D eigenvalue weighted by atomic mass is 10.0. The van der Waals surface area contributed by atoms with Gasteiger partial charge in [0.1, 0.15) is 5.69 Å². The summed E-state index contributed by atoms with van der Waals surface area (Å²) in [7, 11) is 0. The summed E-state index contributed by atoms with van der Waals surface area (Å²) >= 11 is 5.91. The third kappa shape index (κ3) is 4.68. The summed E-state index contributed by atoms with van der Waals surface area (Å²) in [4.78, 5) is 29.9. The molecule has 2 aromatic carbocycles. The number of hydrogen-bond acceptors (Lipinski definition) is 3. The molecule has 0 radical (unpaired) electrons. The molecule has 0 aliphatic rings. The highest BCUT2D eigenvalue weighted by Crippen LogP contribution is 2.39. The van der Waals surface area contributed by atoms with E-state index in [0.29, 0.717) is 21.8 Å². The van der Waals surface area contributed by atoms with Crippen LogP contribution >= 0.6 is 11.6 Å². The number of aromatic nitrogens is 2. The van der Waals surface area contributed by atoms with Gasteiger partial charge in [0, 0.05) is 40.0 Å². The summed E-state index contributed by atoms with van der Waals surface area (Å²) in [6.45, 7) is 3.23. The molecule has 1 N–H and O–H groups in total. The molecule has 9 heteroatoms. The minimum absolute atomic E-state index is 0.0624. The molecule has 2 heterocycles. The van der Waals surface area contributed by atoms with Crippen molar-refractivity contribution in [1.29, 1.82) is 0 Å². The van der Waals surface area contributed by atoms with Crippen molar-refractivity contribution in [1.82, 2.24) is 9.55 Å². The Labute approximate surface area is 198 Å². The normalized spacial score (nSPS) is 11.6. The molecule has 0 saturated carbocycles. The molecular formula is C25H19ClF3N3O2. The Morgan fingerprint density at radius 2 is 1.74 bits per heavy atom. The number of benzene rings is 2. The Bertz CT molecular complexity index is 1410. The first kappa shape index (κ1) is 23.5. The van der Waals surface area contributed by atoms with Crippen LogP contribution < -0.4 is 5.32 Å². The number of carbonyl (C=O) groups is 2. The first-order chi connectivity index (χ1) is 16.0. The van der Waals surface area contributed by atoms with Gasteiger partial charge in [0.2, 0.25) is 0 Å². The maximum atomic E-state index is 14.4. The van der Waals surface area contributed by atoms with Crippen LogP contribution in [0.2, 0.25) is 5.02 Å². The van der Waals surface area contributed by atoms with Crippen LogP contribution in [0.3, 0.4) is 0 Å². The fourth-order valence-corrected chi connectivity index (χ4v) is 3.98. The molecule has 1 amide bonds. The molecular weight excluding hydrogens is 467 g/mol. The van der Waals surface area contributed by atoms with E-state index < -0.39 is 29.1 Å².